The molecule has 0 saturated carbocycles. The predicted molar refractivity (Wildman–Crippen MR) is 73.2 cm³/mol. The highest BCUT2D eigenvalue weighted by Crippen LogP contribution is 2.14. The van der Waals surface area contributed by atoms with E-state index in [0.717, 1.165) is 29.8 Å². The van der Waals surface area contributed by atoms with Crippen molar-refractivity contribution in [1.29, 1.82) is 0 Å². The van der Waals surface area contributed by atoms with Gasteiger partial charge in [0.1, 0.15) is 0 Å². The van der Waals surface area contributed by atoms with E-state index in [0.29, 0.717) is 0 Å². The SMILES string of the molecule is CCc1ccc(CC(N)c2ccc(C)nc2)nc1. The third kappa shape index (κ3) is 3.14. The average molecular weight is 241 g/mol. The average Bonchev–Trinajstić information content (AvgIpc) is 2.40. The van der Waals surface area contributed by atoms with Gasteiger partial charge >= 0.3 is 0 Å². The van der Waals surface area contributed by atoms with Crippen LogP contribution in [-0.4, -0.2) is 9.97 Å². The van der Waals surface area contributed by atoms with Crippen molar-refractivity contribution in [2.45, 2.75) is 32.7 Å². The molecule has 2 aromatic rings. The van der Waals surface area contributed by atoms with Crippen LogP contribution in [0.25, 0.3) is 0 Å². The number of hydrogen-bond donors (Lipinski definition) is 1. The van der Waals surface area contributed by atoms with Crippen molar-refractivity contribution in [3.05, 3.63) is 59.2 Å². The summed E-state index contributed by atoms with van der Waals surface area (Å²) >= 11 is 0. The number of aromatic nitrogens is 2. The van der Waals surface area contributed by atoms with Crippen molar-refractivity contribution in [1.82, 2.24) is 9.97 Å². The van der Waals surface area contributed by atoms with Gasteiger partial charge in [-0.15, -0.1) is 0 Å². The zero-order valence-electron chi connectivity index (χ0n) is 10.9. The van der Waals surface area contributed by atoms with Gasteiger partial charge in [-0.3, -0.25) is 9.97 Å². The Bertz CT molecular complexity index is 488. The van der Waals surface area contributed by atoms with Crippen LogP contribution in [0, 0.1) is 6.92 Å². The molecule has 2 heterocycles. The maximum Gasteiger partial charge on any atom is 0.0422 e. The number of hydrogen-bond acceptors (Lipinski definition) is 3. The van der Waals surface area contributed by atoms with Crippen LogP contribution in [0.4, 0.5) is 0 Å². The third-order valence-electron chi connectivity index (χ3n) is 3.09. The molecule has 0 radical (unpaired) electrons. The van der Waals surface area contributed by atoms with Crippen LogP contribution in [-0.2, 0) is 12.8 Å². The topological polar surface area (TPSA) is 51.8 Å². The second-order valence-corrected chi connectivity index (χ2v) is 4.55. The maximum absolute atomic E-state index is 6.17. The molecule has 0 saturated heterocycles. The highest BCUT2D eigenvalue weighted by atomic mass is 14.7. The Kier molecular flexibility index (Phi) is 4.05. The molecular formula is C15H19N3. The fourth-order valence-electron chi connectivity index (χ4n) is 1.83. The Balaban J connectivity index is 2.05. The quantitative estimate of drug-likeness (QED) is 0.895. The Hall–Kier alpha value is -1.74. The van der Waals surface area contributed by atoms with Crippen LogP contribution in [0.1, 0.15) is 35.5 Å². The van der Waals surface area contributed by atoms with E-state index in [9.17, 15) is 0 Å². The number of nitrogens with two attached hydrogens (primary N) is 1. The van der Waals surface area contributed by atoms with Gasteiger partial charge in [-0.2, -0.15) is 0 Å². The van der Waals surface area contributed by atoms with E-state index in [-0.39, 0.29) is 6.04 Å². The first-order valence-electron chi connectivity index (χ1n) is 6.31. The molecule has 3 heteroatoms. The van der Waals surface area contributed by atoms with Crippen LogP contribution in [0.3, 0.4) is 0 Å². The Morgan fingerprint density at radius 3 is 2.50 bits per heavy atom. The zero-order chi connectivity index (χ0) is 13.0. The summed E-state index contributed by atoms with van der Waals surface area (Å²) in [6.45, 7) is 4.10. The highest BCUT2D eigenvalue weighted by Gasteiger charge is 2.08. The molecule has 1 unspecified atom stereocenters. The van der Waals surface area contributed by atoms with Gasteiger partial charge in [-0.05, 0) is 36.6 Å². The van der Waals surface area contributed by atoms with Gasteiger partial charge < -0.3 is 5.73 Å². The highest BCUT2D eigenvalue weighted by molar-refractivity contribution is 5.20. The van der Waals surface area contributed by atoms with E-state index in [4.69, 9.17) is 5.73 Å². The van der Waals surface area contributed by atoms with Crippen molar-refractivity contribution in [3.8, 4) is 0 Å². The van der Waals surface area contributed by atoms with Crippen molar-refractivity contribution in [2.75, 3.05) is 0 Å². The molecule has 0 amide bonds. The van der Waals surface area contributed by atoms with E-state index >= 15 is 0 Å². The first-order chi connectivity index (χ1) is 8.69. The predicted octanol–water partition coefficient (Wildman–Crippen LogP) is 2.59. The number of pyridine rings is 2. The molecular weight excluding hydrogens is 222 g/mol. The van der Waals surface area contributed by atoms with Crippen molar-refractivity contribution < 1.29 is 0 Å². The monoisotopic (exact) mass is 241 g/mol. The summed E-state index contributed by atoms with van der Waals surface area (Å²) in [7, 11) is 0. The minimum absolute atomic E-state index is 0.0434. The van der Waals surface area contributed by atoms with Crippen molar-refractivity contribution in [3.63, 3.8) is 0 Å². The summed E-state index contributed by atoms with van der Waals surface area (Å²) in [6.07, 6.45) is 5.53. The lowest BCUT2D eigenvalue weighted by Gasteiger charge is -2.11. The summed E-state index contributed by atoms with van der Waals surface area (Å²) in [5.74, 6) is 0. The van der Waals surface area contributed by atoms with E-state index in [2.05, 4.69) is 29.0 Å². The fourth-order valence-corrected chi connectivity index (χ4v) is 1.83. The summed E-state index contributed by atoms with van der Waals surface area (Å²) in [4.78, 5) is 8.70. The molecule has 0 aliphatic carbocycles. The van der Waals surface area contributed by atoms with E-state index in [1.807, 2.05) is 31.5 Å². The maximum atomic E-state index is 6.17. The van der Waals surface area contributed by atoms with E-state index in [1.54, 1.807) is 0 Å². The third-order valence-corrected chi connectivity index (χ3v) is 3.09. The molecule has 2 aromatic heterocycles. The normalized spacial score (nSPS) is 12.4. The van der Waals surface area contributed by atoms with Gasteiger partial charge in [0, 0.05) is 36.2 Å². The summed E-state index contributed by atoms with van der Waals surface area (Å²) in [5.41, 5.74) is 10.5. The molecule has 94 valence electrons. The standard InChI is InChI=1S/C15H19N3/c1-3-12-5-7-14(18-9-12)8-15(16)13-6-4-11(2)17-10-13/h4-7,9-10,15H,3,8,16H2,1-2H3. The van der Waals surface area contributed by atoms with Gasteiger partial charge in [0.15, 0.2) is 0 Å². The first-order valence-corrected chi connectivity index (χ1v) is 6.31. The molecule has 0 aromatic carbocycles. The minimum atomic E-state index is -0.0434. The molecule has 0 fully saturated rings. The molecule has 0 bridgehead atoms. The molecule has 0 spiro atoms. The van der Waals surface area contributed by atoms with Gasteiger partial charge in [-0.1, -0.05) is 19.1 Å². The Morgan fingerprint density at radius 1 is 1.11 bits per heavy atom. The van der Waals surface area contributed by atoms with Crippen LogP contribution in [0.15, 0.2) is 36.7 Å². The number of rotatable bonds is 4. The van der Waals surface area contributed by atoms with Gasteiger partial charge in [0.2, 0.25) is 0 Å². The summed E-state index contributed by atoms with van der Waals surface area (Å²) in [6, 6.07) is 8.15. The van der Waals surface area contributed by atoms with Crippen LogP contribution < -0.4 is 5.73 Å². The molecule has 2 N–H and O–H groups in total. The number of aryl methyl sites for hydroxylation is 2. The molecule has 2 rings (SSSR count). The first kappa shape index (κ1) is 12.7. The lowest BCUT2D eigenvalue weighted by molar-refractivity contribution is 0.701. The minimum Gasteiger partial charge on any atom is -0.324 e. The molecule has 3 nitrogen and oxygen atoms in total. The largest absolute Gasteiger partial charge is 0.324 e. The van der Waals surface area contributed by atoms with Crippen molar-refractivity contribution in [2.24, 2.45) is 5.73 Å². The zero-order valence-corrected chi connectivity index (χ0v) is 10.9. The number of nitrogens with zero attached hydrogens (tertiary/aromatic N) is 2. The lowest BCUT2D eigenvalue weighted by Crippen LogP contribution is -2.14. The van der Waals surface area contributed by atoms with Crippen LogP contribution in [0.5, 0.6) is 0 Å². The Labute approximate surface area is 108 Å². The Morgan fingerprint density at radius 2 is 1.94 bits per heavy atom. The lowest BCUT2D eigenvalue weighted by atomic mass is 10.0. The van der Waals surface area contributed by atoms with E-state index < -0.39 is 0 Å². The van der Waals surface area contributed by atoms with Gasteiger partial charge in [-0.25, -0.2) is 0 Å². The van der Waals surface area contributed by atoms with Crippen LogP contribution in [0.2, 0.25) is 0 Å². The fraction of sp³-hybridized carbons (Fsp3) is 0.333. The smallest absolute Gasteiger partial charge is 0.0422 e. The van der Waals surface area contributed by atoms with Crippen molar-refractivity contribution >= 4 is 0 Å². The van der Waals surface area contributed by atoms with Gasteiger partial charge in [0.05, 0.1) is 0 Å². The second kappa shape index (κ2) is 5.74. The molecule has 1 atom stereocenters. The molecule has 18 heavy (non-hydrogen) atoms. The summed E-state index contributed by atoms with van der Waals surface area (Å²) < 4.78 is 0. The molecule has 0 aliphatic rings. The summed E-state index contributed by atoms with van der Waals surface area (Å²) in [5, 5.41) is 0. The van der Waals surface area contributed by atoms with E-state index in [1.165, 1.54) is 5.56 Å². The molecule has 0 aliphatic heterocycles. The second-order valence-electron chi connectivity index (χ2n) is 4.55. The van der Waals surface area contributed by atoms with Crippen LogP contribution >= 0.6 is 0 Å². The van der Waals surface area contributed by atoms with Gasteiger partial charge in [0.25, 0.3) is 0 Å².